The molecule has 92 valence electrons. The van der Waals surface area contributed by atoms with E-state index in [1.807, 2.05) is 13.8 Å². The molecular formula is C12H16N2O2S. The quantitative estimate of drug-likeness (QED) is 0.374. The van der Waals surface area contributed by atoms with E-state index in [1.165, 1.54) is 0 Å². The number of ether oxygens (including phenoxy) is 1. The fourth-order valence-corrected chi connectivity index (χ4v) is 1.32. The Kier molecular flexibility index (Phi) is 5.56. The third-order valence-corrected chi connectivity index (χ3v) is 2.32. The van der Waals surface area contributed by atoms with Crippen molar-refractivity contribution in [1.82, 2.24) is 5.43 Å². The maximum absolute atomic E-state index is 11.7. The Balaban J connectivity index is 2.63. The molecule has 5 heteroatoms. The third kappa shape index (κ3) is 4.48. The molecule has 0 fully saturated rings. The van der Waals surface area contributed by atoms with Gasteiger partial charge in [0.2, 0.25) is 5.90 Å². The van der Waals surface area contributed by atoms with Gasteiger partial charge in [-0.3, -0.25) is 4.79 Å². The van der Waals surface area contributed by atoms with Crippen LogP contribution in [-0.2, 0) is 4.74 Å². The smallest absolute Gasteiger partial charge is 0.271 e. The zero-order valence-corrected chi connectivity index (χ0v) is 10.8. The highest BCUT2D eigenvalue weighted by molar-refractivity contribution is 7.80. The Hall–Kier alpha value is -1.49. The van der Waals surface area contributed by atoms with E-state index in [-0.39, 0.29) is 5.91 Å². The summed E-state index contributed by atoms with van der Waals surface area (Å²) in [5.74, 6) is 0.260. The third-order valence-electron chi connectivity index (χ3n) is 2.03. The molecule has 4 nitrogen and oxygen atoms in total. The molecule has 0 aliphatic heterocycles. The van der Waals surface area contributed by atoms with Crippen LogP contribution in [0.3, 0.4) is 0 Å². The van der Waals surface area contributed by atoms with Gasteiger partial charge in [0.1, 0.15) is 0 Å². The minimum Gasteiger partial charge on any atom is -0.480 e. The highest BCUT2D eigenvalue weighted by atomic mass is 32.1. The number of hydrogen-bond donors (Lipinski definition) is 2. The first-order chi connectivity index (χ1) is 8.17. The fraction of sp³-hybridized carbons (Fsp3) is 0.333. The minimum atomic E-state index is -0.260. The number of amides is 1. The second kappa shape index (κ2) is 6.96. The normalized spacial score (nSPS) is 11.1. The van der Waals surface area contributed by atoms with Crippen LogP contribution in [-0.4, -0.2) is 18.4 Å². The van der Waals surface area contributed by atoms with Gasteiger partial charge < -0.3 is 4.74 Å². The zero-order valence-electron chi connectivity index (χ0n) is 9.93. The standard InChI is InChI=1S/C12H16N2O2S/c1-3-11(16-4-2)13-14-12(15)9-5-7-10(17)8-6-9/h5-8,17H,3-4H2,1-2H3,(H,14,15)/b13-11-. The second-order valence-electron chi connectivity index (χ2n) is 3.28. The maximum atomic E-state index is 11.7. The Morgan fingerprint density at radius 2 is 2.00 bits per heavy atom. The minimum absolute atomic E-state index is 0.260. The van der Waals surface area contributed by atoms with Gasteiger partial charge in [-0.2, -0.15) is 0 Å². The molecule has 0 atom stereocenters. The molecule has 1 amide bonds. The summed E-state index contributed by atoms with van der Waals surface area (Å²) >= 11 is 4.15. The average molecular weight is 252 g/mol. The summed E-state index contributed by atoms with van der Waals surface area (Å²) in [7, 11) is 0. The lowest BCUT2D eigenvalue weighted by Crippen LogP contribution is -2.20. The molecule has 0 aliphatic carbocycles. The van der Waals surface area contributed by atoms with Crippen LogP contribution >= 0.6 is 12.6 Å². The maximum Gasteiger partial charge on any atom is 0.271 e. The monoisotopic (exact) mass is 252 g/mol. The molecule has 1 aromatic carbocycles. The largest absolute Gasteiger partial charge is 0.480 e. The zero-order chi connectivity index (χ0) is 12.7. The van der Waals surface area contributed by atoms with Crippen molar-refractivity contribution in [2.75, 3.05) is 6.61 Å². The van der Waals surface area contributed by atoms with E-state index in [0.29, 0.717) is 24.5 Å². The molecule has 0 radical (unpaired) electrons. The van der Waals surface area contributed by atoms with Crippen molar-refractivity contribution in [2.45, 2.75) is 25.2 Å². The van der Waals surface area contributed by atoms with E-state index >= 15 is 0 Å². The molecular weight excluding hydrogens is 236 g/mol. The van der Waals surface area contributed by atoms with Crippen LogP contribution in [0.5, 0.6) is 0 Å². The molecule has 1 rings (SSSR count). The summed E-state index contributed by atoms with van der Waals surface area (Å²) in [5.41, 5.74) is 2.99. The van der Waals surface area contributed by atoms with Crippen molar-refractivity contribution in [1.29, 1.82) is 0 Å². The van der Waals surface area contributed by atoms with E-state index in [4.69, 9.17) is 4.74 Å². The van der Waals surface area contributed by atoms with E-state index in [9.17, 15) is 4.79 Å². The Labute approximate surface area is 106 Å². The summed E-state index contributed by atoms with van der Waals surface area (Å²) in [5, 5.41) is 3.91. The molecule has 0 saturated carbocycles. The van der Waals surface area contributed by atoms with Gasteiger partial charge >= 0.3 is 0 Å². The van der Waals surface area contributed by atoms with Crippen molar-refractivity contribution in [3.05, 3.63) is 29.8 Å². The summed E-state index contributed by atoms with van der Waals surface area (Å²) in [6.07, 6.45) is 0.643. The lowest BCUT2D eigenvalue weighted by Gasteiger charge is -2.05. The van der Waals surface area contributed by atoms with Crippen LogP contribution in [0, 0.1) is 0 Å². The van der Waals surface area contributed by atoms with E-state index in [1.54, 1.807) is 24.3 Å². The summed E-state index contributed by atoms with van der Waals surface area (Å²) < 4.78 is 5.22. The van der Waals surface area contributed by atoms with E-state index in [2.05, 4.69) is 23.2 Å². The van der Waals surface area contributed by atoms with E-state index < -0.39 is 0 Å². The van der Waals surface area contributed by atoms with Crippen molar-refractivity contribution < 1.29 is 9.53 Å². The lowest BCUT2D eigenvalue weighted by molar-refractivity contribution is 0.0952. The SMILES string of the molecule is CCO/C(CC)=N\NC(=O)c1ccc(S)cc1. The molecule has 0 aromatic heterocycles. The fourth-order valence-electron chi connectivity index (χ4n) is 1.17. The predicted octanol–water partition coefficient (Wildman–Crippen LogP) is 2.47. The van der Waals surface area contributed by atoms with Gasteiger partial charge in [0.25, 0.3) is 5.91 Å². The van der Waals surface area contributed by atoms with Gasteiger partial charge in [-0.1, -0.05) is 6.92 Å². The Morgan fingerprint density at radius 3 is 2.53 bits per heavy atom. The van der Waals surface area contributed by atoms with Gasteiger partial charge in [-0.05, 0) is 31.2 Å². The molecule has 0 spiro atoms. The van der Waals surface area contributed by atoms with Crippen LogP contribution in [0.15, 0.2) is 34.3 Å². The van der Waals surface area contributed by atoms with Crippen molar-refractivity contribution in [3.8, 4) is 0 Å². The number of rotatable bonds is 4. The number of hydrogen-bond acceptors (Lipinski definition) is 4. The molecule has 0 aliphatic rings. The van der Waals surface area contributed by atoms with Crippen LogP contribution in [0.1, 0.15) is 30.6 Å². The van der Waals surface area contributed by atoms with E-state index in [0.717, 1.165) is 4.90 Å². The van der Waals surface area contributed by atoms with Gasteiger partial charge in [0, 0.05) is 16.9 Å². The molecule has 0 heterocycles. The molecule has 17 heavy (non-hydrogen) atoms. The van der Waals surface area contributed by atoms with Crippen LogP contribution < -0.4 is 5.43 Å². The average Bonchev–Trinajstić information content (AvgIpc) is 2.35. The van der Waals surface area contributed by atoms with Crippen molar-refractivity contribution in [2.24, 2.45) is 5.10 Å². The molecule has 0 bridgehead atoms. The molecule has 0 unspecified atom stereocenters. The van der Waals surface area contributed by atoms with Crippen LogP contribution in [0.4, 0.5) is 0 Å². The number of thiol groups is 1. The molecule has 0 saturated heterocycles. The predicted molar refractivity (Wildman–Crippen MR) is 70.5 cm³/mol. The van der Waals surface area contributed by atoms with Crippen LogP contribution in [0.2, 0.25) is 0 Å². The van der Waals surface area contributed by atoms with Crippen molar-refractivity contribution in [3.63, 3.8) is 0 Å². The van der Waals surface area contributed by atoms with Gasteiger partial charge in [0.05, 0.1) is 6.61 Å². The summed E-state index contributed by atoms with van der Waals surface area (Å²) in [6, 6.07) is 6.90. The number of carbonyl (C=O) groups is 1. The van der Waals surface area contributed by atoms with Gasteiger partial charge in [-0.15, -0.1) is 17.7 Å². The second-order valence-corrected chi connectivity index (χ2v) is 3.80. The first kappa shape index (κ1) is 13.6. The summed E-state index contributed by atoms with van der Waals surface area (Å²) in [6.45, 7) is 4.33. The Bertz CT molecular complexity index is 401. The summed E-state index contributed by atoms with van der Waals surface area (Å²) in [4.78, 5) is 12.5. The van der Waals surface area contributed by atoms with Gasteiger partial charge in [0.15, 0.2) is 0 Å². The Morgan fingerprint density at radius 1 is 1.35 bits per heavy atom. The molecule has 1 aromatic rings. The first-order valence-corrected chi connectivity index (χ1v) is 5.90. The lowest BCUT2D eigenvalue weighted by atomic mass is 10.2. The molecule has 1 N–H and O–H groups in total. The number of carbonyl (C=O) groups excluding carboxylic acids is 1. The highest BCUT2D eigenvalue weighted by Crippen LogP contribution is 2.07. The highest BCUT2D eigenvalue weighted by Gasteiger charge is 2.04. The number of nitrogens with one attached hydrogen (secondary N) is 1. The topological polar surface area (TPSA) is 50.7 Å². The van der Waals surface area contributed by atoms with Gasteiger partial charge in [-0.25, -0.2) is 5.43 Å². The van der Waals surface area contributed by atoms with Crippen LogP contribution in [0.25, 0.3) is 0 Å². The number of nitrogens with zero attached hydrogens (tertiary/aromatic N) is 1. The first-order valence-electron chi connectivity index (χ1n) is 5.46. The van der Waals surface area contributed by atoms with Crippen molar-refractivity contribution >= 4 is 24.4 Å². The number of hydrazone groups is 1. The number of benzene rings is 1.